The smallest absolute Gasteiger partial charge is 0.258 e. The van der Waals surface area contributed by atoms with Crippen LogP contribution in [0, 0.1) is 32.1 Å². The topological polar surface area (TPSA) is 83.9 Å². The van der Waals surface area contributed by atoms with Crippen LogP contribution in [0.25, 0.3) is 5.65 Å². The van der Waals surface area contributed by atoms with Crippen molar-refractivity contribution in [3.63, 3.8) is 0 Å². The van der Waals surface area contributed by atoms with Gasteiger partial charge in [-0.25, -0.2) is 15.0 Å². The fraction of sp³-hybridized carbons (Fsp3) is 0.235. The van der Waals surface area contributed by atoms with E-state index in [-0.39, 0.29) is 5.56 Å². The zero-order valence-electron chi connectivity index (χ0n) is 13.6. The van der Waals surface area contributed by atoms with Crippen molar-refractivity contribution in [3.8, 4) is 6.07 Å². The third-order valence-electron chi connectivity index (χ3n) is 3.58. The molecule has 0 N–H and O–H groups in total. The van der Waals surface area contributed by atoms with E-state index < -0.39 is 0 Å². The number of thioether (sulfide) groups is 1. The Hall–Kier alpha value is -2.72. The van der Waals surface area contributed by atoms with Crippen molar-refractivity contribution in [2.24, 2.45) is 0 Å². The van der Waals surface area contributed by atoms with Crippen molar-refractivity contribution in [2.75, 3.05) is 0 Å². The first-order valence-electron chi connectivity index (χ1n) is 7.35. The number of nitrogens with zero attached hydrogens (tertiary/aromatic N) is 5. The molecule has 0 aromatic carbocycles. The van der Waals surface area contributed by atoms with Crippen LogP contribution in [0.4, 0.5) is 0 Å². The molecule has 3 aromatic heterocycles. The normalized spacial score (nSPS) is 10.8. The summed E-state index contributed by atoms with van der Waals surface area (Å²) in [4.78, 5) is 25.3. The van der Waals surface area contributed by atoms with Crippen LogP contribution in [0.5, 0.6) is 0 Å². The van der Waals surface area contributed by atoms with Crippen molar-refractivity contribution < 1.29 is 0 Å². The second-order valence-corrected chi connectivity index (χ2v) is 6.37. The van der Waals surface area contributed by atoms with Crippen LogP contribution in [0.1, 0.15) is 28.3 Å². The highest BCUT2D eigenvalue weighted by atomic mass is 32.2. The number of pyridine rings is 1. The lowest BCUT2D eigenvalue weighted by Crippen LogP contribution is -2.15. The minimum absolute atomic E-state index is 0.116. The second kappa shape index (κ2) is 6.42. The predicted octanol–water partition coefficient (Wildman–Crippen LogP) is 2.57. The highest BCUT2D eigenvalue weighted by molar-refractivity contribution is 7.98. The van der Waals surface area contributed by atoms with E-state index in [4.69, 9.17) is 0 Å². The standard InChI is InChI=1S/C17H15N5OS/c1-10-5-4-6-22-15(23)7-13(21-16(10)22)9-24-17-14(8-18)11(2)19-12(3)20-17/h4-7H,9H2,1-3H3. The van der Waals surface area contributed by atoms with E-state index in [1.54, 1.807) is 20.0 Å². The molecular weight excluding hydrogens is 322 g/mol. The lowest BCUT2D eigenvalue weighted by Gasteiger charge is -2.08. The maximum atomic E-state index is 12.2. The second-order valence-electron chi connectivity index (χ2n) is 5.41. The number of aromatic nitrogens is 4. The summed E-state index contributed by atoms with van der Waals surface area (Å²) >= 11 is 1.39. The van der Waals surface area contributed by atoms with Crippen molar-refractivity contribution >= 4 is 17.4 Å². The SMILES string of the molecule is Cc1nc(C)c(C#N)c(SCc2cc(=O)n3cccc(C)c3n2)n1. The summed E-state index contributed by atoms with van der Waals surface area (Å²) in [7, 11) is 0. The molecular formula is C17H15N5OS. The Balaban J connectivity index is 1.96. The van der Waals surface area contributed by atoms with E-state index >= 15 is 0 Å². The molecule has 0 fully saturated rings. The first-order chi connectivity index (χ1) is 11.5. The molecule has 6 nitrogen and oxygen atoms in total. The summed E-state index contributed by atoms with van der Waals surface area (Å²) in [6.07, 6.45) is 1.71. The Labute approximate surface area is 143 Å². The maximum Gasteiger partial charge on any atom is 0.258 e. The summed E-state index contributed by atoms with van der Waals surface area (Å²) in [5.41, 5.74) is 3.27. The van der Waals surface area contributed by atoms with Gasteiger partial charge in [0.05, 0.1) is 11.4 Å². The van der Waals surface area contributed by atoms with E-state index in [2.05, 4.69) is 21.0 Å². The predicted molar refractivity (Wildman–Crippen MR) is 92.0 cm³/mol. The summed E-state index contributed by atoms with van der Waals surface area (Å²) in [5.74, 6) is 1.08. The van der Waals surface area contributed by atoms with E-state index in [1.165, 1.54) is 22.2 Å². The van der Waals surface area contributed by atoms with Gasteiger partial charge in [0, 0.05) is 18.0 Å². The Morgan fingerprint density at radius 3 is 2.79 bits per heavy atom. The number of fused-ring (bicyclic) bond motifs is 1. The maximum absolute atomic E-state index is 12.2. The van der Waals surface area contributed by atoms with Crippen LogP contribution < -0.4 is 5.56 Å². The number of hydrogen-bond acceptors (Lipinski definition) is 6. The molecule has 0 radical (unpaired) electrons. The molecule has 0 spiro atoms. The van der Waals surface area contributed by atoms with E-state index in [1.807, 2.05) is 19.1 Å². The molecule has 3 heterocycles. The van der Waals surface area contributed by atoms with Crippen molar-refractivity contribution in [1.29, 1.82) is 5.26 Å². The quantitative estimate of drug-likeness (QED) is 0.539. The fourth-order valence-corrected chi connectivity index (χ4v) is 3.41. The number of aryl methyl sites for hydroxylation is 3. The number of nitriles is 1. The van der Waals surface area contributed by atoms with Gasteiger partial charge in [-0.3, -0.25) is 9.20 Å². The molecule has 0 amide bonds. The molecule has 0 aliphatic rings. The van der Waals surface area contributed by atoms with Crippen LogP contribution in [-0.4, -0.2) is 19.4 Å². The first kappa shape index (κ1) is 16.1. The average molecular weight is 337 g/mol. The molecule has 7 heteroatoms. The van der Waals surface area contributed by atoms with Crippen molar-refractivity contribution in [2.45, 2.75) is 31.6 Å². The Morgan fingerprint density at radius 2 is 2.04 bits per heavy atom. The zero-order chi connectivity index (χ0) is 17.3. The van der Waals surface area contributed by atoms with Crippen LogP contribution in [0.2, 0.25) is 0 Å². The van der Waals surface area contributed by atoms with Gasteiger partial charge in [-0.15, -0.1) is 0 Å². The van der Waals surface area contributed by atoms with Crippen LogP contribution in [-0.2, 0) is 5.75 Å². The zero-order valence-corrected chi connectivity index (χ0v) is 14.4. The van der Waals surface area contributed by atoms with Crippen LogP contribution in [0.15, 0.2) is 34.2 Å². The van der Waals surface area contributed by atoms with Gasteiger partial charge in [-0.05, 0) is 32.4 Å². The summed E-state index contributed by atoms with van der Waals surface area (Å²) in [6.45, 7) is 5.51. The Bertz CT molecular complexity index is 1040. The summed E-state index contributed by atoms with van der Waals surface area (Å²) < 4.78 is 1.53. The van der Waals surface area contributed by atoms with Gasteiger partial charge in [-0.2, -0.15) is 5.26 Å². The van der Waals surface area contributed by atoms with Gasteiger partial charge in [0.15, 0.2) is 0 Å². The van der Waals surface area contributed by atoms with Crippen LogP contribution in [0.3, 0.4) is 0 Å². The molecule has 0 bridgehead atoms. The van der Waals surface area contributed by atoms with Crippen LogP contribution >= 0.6 is 11.8 Å². The van der Waals surface area contributed by atoms with Crippen molar-refractivity contribution in [3.05, 3.63) is 63.1 Å². The minimum atomic E-state index is -0.116. The molecule has 0 saturated heterocycles. The third-order valence-corrected chi connectivity index (χ3v) is 4.59. The highest BCUT2D eigenvalue weighted by Crippen LogP contribution is 2.25. The molecule has 0 atom stereocenters. The molecule has 3 aromatic rings. The molecule has 0 aliphatic carbocycles. The van der Waals surface area contributed by atoms with Gasteiger partial charge in [0.2, 0.25) is 0 Å². The highest BCUT2D eigenvalue weighted by Gasteiger charge is 2.12. The number of hydrogen-bond donors (Lipinski definition) is 0. The van der Waals surface area contributed by atoms with Gasteiger partial charge in [0.25, 0.3) is 5.56 Å². The molecule has 3 rings (SSSR count). The molecule has 0 saturated carbocycles. The lowest BCUT2D eigenvalue weighted by molar-refractivity contribution is 0.921. The average Bonchev–Trinajstić information content (AvgIpc) is 2.53. The van der Waals surface area contributed by atoms with Gasteiger partial charge >= 0.3 is 0 Å². The molecule has 24 heavy (non-hydrogen) atoms. The lowest BCUT2D eigenvalue weighted by atomic mass is 10.3. The monoisotopic (exact) mass is 337 g/mol. The largest absolute Gasteiger partial charge is 0.269 e. The fourth-order valence-electron chi connectivity index (χ4n) is 2.44. The minimum Gasteiger partial charge on any atom is -0.269 e. The molecule has 0 unspecified atom stereocenters. The first-order valence-corrected chi connectivity index (χ1v) is 8.34. The van der Waals surface area contributed by atoms with Gasteiger partial charge < -0.3 is 0 Å². The van der Waals surface area contributed by atoms with Gasteiger partial charge in [0.1, 0.15) is 28.1 Å². The van der Waals surface area contributed by atoms with E-state index in [0.717, 1.165) is 5.56 Å². The van der Waals surface area contributed by atoms with Crippen molar-refractivity contribution in [1.82, 2.24) is 19.4 Å². The summed E-state index contributed by atoms with van der Waals surface area (Å²) in [6, 6.07) is 7.41. The summed E-state index contributed by atoms with van der Waals surface area (Å²) in [5, 5.41) is 9.92. The van der Waals surface area contributed by atoms with Gasteiger partial charge in [-0.1, -0.05) is 17.8 Å². The van der Waals surface area contributed by atoms with E-state index in [9.17, 15) is 10.1 Å². The Morgan fingerprint density at radius 1 is 1.25 bits per heavy atom. The molecule has 120 valence electrons. The molecule has 0 aliphatic heterocycles. The van der Waals surface area contributed by atoms with E-state index in [0.29, 0.717) is 39.2 Å². The third kappa shape index (κ3) is 3.01. The number of rotatable bonds is 3. The Kier molecular flexibility index (Phi) is 4.32.